The highest BCUT2D eigenvalue weighted by Gasteiger charge is 2.24. The quantitative estimate of drug-likeness (QED) is 0.677. The molecule has 14 heavy (non-hydrogen) atoms. The van der Waals surface area contributed by atoms with E-state index >= 15 is 0 Å². The van der Waals surface area contributed by atoms with E-state index in [1.807, 2.05) is 0 Å². The third-order valence-corrected chi connectivity index (χ3v) is 3.96. The molecule has 82 valence electrons. The molecule has 2 aliphatic rings. The Balaban J connectivity index is 1.57. The van der Waals surface area contributed by atoms with Crippen molar-refractivity contribution >= 4 is 0 Å². The van der Waals surface area contributed by atoms with Crippen molar-refractivity contribution in [3.63, 3.8) is 0 Å². The minimum absolute atomic E-state index is 1.03. The number of hydrogen-bond donors (Lipinski definition) is 0. The highest BCUT2D eigenvalue weighted by molar-refractivity contribution is 4.79. The zero-order valence-corrected chi connectivity index (χ0v) is 9.71. The lowest BCUT2D eigenvalue weighted by molar-refractivity contribution is 0.113. The number of piperidine rings is 1. The summed E-state index contributed by atoms with van der Waals surface area (Å²) in [5, 5.41) is 0. The minimum atomic E-state index is 1.03. The number of nitrogens with zero attached hydrogens (tertiary/aromatic N) is 2. The van der Waals surface area contributed by atoms with Gasteiger partial charge in [0.2, 0.25) is 0 Å². The van der Waals surface area contributed by atoms with Crippen molar-refractivity contribution in [1.29, 1.82) is 0 Å². The first kappa shape index (κ1) is 10.4. The second-order valence-electron chi connectivity index (χ2n) is 5.41. The third kappa shape index (κ3) is 2.71. The van der Waals surface area contributed by atoms with E-state index in [0.717, 1.165) is 11.8 Å². The van der Waals surface area contributed by atoms with Crippen molar-refractivity contribution in [2.45, 2.75) is 25.7 Å². The minimum Gasteiger partial charge on any atom is -0.306 e. The van der Waals surface area contributed by atoms with E-state index in [2.05, 4.69) is 23.9 Å². The smallest absolute Gasteiger partial charge is 0.00190 e. The van der Waals surface area contributed by atoms with Gasteiger partial charge >= 0.3 is 0 Å². The fourth-order valence-corrected chi connectivity index (χ4v) is 2.83. The maximum atomic E-state index is 2.47. The van der Waals surface area contributed by atoms with Gasteiger partial charge in [-0.05, 0) is 64.7 Å². The molecule has 0 N–H and O–H groups in total. The molecule has 0 aliphatic carbocycles. The molecule has 2 saturated heterocycles. The fourth-order valence-electron chi connectivity index (χ4n) is 2.83. The van der Waals surface area contributed by atoms with Crippen molar-refractivity contribution in [1.82, 2.24) is 9.80 Å². The van der Waals surface area contributed by atoms with Crippen molar-refractivity contribution in [2.75, 3.05) is 40.3 Å². The molecule has 0 radical (unpaired) electrons. The van der Waals surface area contributed by atoms with E-state index in [1.54, 1.807) is 0 Å². The Labute approximate surface area is 88.3 Å². The lowest BCUT2D eigenvalue weighted by atomic mass is 9.86. The zero-order valence-electron chi connectivity index (χ0n) is 9.71. The van der Waals surface area contributed by atoms with E-state index in [1.165, 1.54) is 51.9 Å². The molecule has 0 saturated carbocycles. The van der Waals surface area contributed by atoms with Gasteiger partial charge in [-0.25, -0.2) is 0 Å². The Morgan fingerprint density at radius 3 is 2.00 bits per heavy atom. The van der Waals surface area contributed by atoms with Gasteiger partial charge < -0.3 is 9.80 Å². The Bertz CT molecular complexity index is 167. The van der Waals surface area contributed by atoms with Gasteiger partial charge in [-0.15, -0.1) is 0 Å². The Morgan fingerprint density at radius 1 is 0.857 bits per heavy atom. The van der Waals surface area contributed by atoms with Gasteiger partial charge in [0, 0.05) is 13.1 Å². The maximum Gasteiger partial charge on any atom is 0.00190 e. The Morgan fingerprint density at radius 2 is 1.43 bits per heavy atom. The largest absolute Gasteiger partial charge is 0.306 e. The maximum absolute atomic E-state index is 2.47. The Hall–Kier alpha value is -0.0800. The summed E-state index contributed by atoms with van der Waals surface area (Å²) in [5.74, 6) is 2.07. The van der Waals surface area contributed by atoms with Gasteiger partial charge in [-0.2, -0.15) is 0 Å². The van der Waals surface area contributed by atoms with Crippen LogP contribution < -0.4 is 0 Å². The highest BCUT2D eigenvalue weighted by atomic mass is 15.2. The van der Waals surface area contributed by atoms with Crippen molar-refractivity contribution in [3.8, 4) is 0 Å². The summed E-state index contributed by atoms with van der Waals surface area (Å²) >= 11 is 0. The van der Waals surface area contributed by atoms with Crippen LogP contribution in [0.2, 0.25) is 0 Å². The van der Waals surface area contributed by atoms with Crippen molar-refractivity contribution in [2.24, 2.45) is 11.8 Å². The molecule has 0 unspecified atom stereocenters. The first-order valence-corrected chi connectivity index (χ1v) is 6.11. The number of likely N-dealkylation sites (tertiary alicyclic amines) is 2. The third-order valence-electron chi connectivity index (χ3n) is 3.96. The summed E-state index contributed by atoms with van der Waals surface area (Å²) in [6, 6.07) is 0. The number of hydrogen-bond acceptors (Lipinski definition) is 2. The average molecular weight is 196 g/mol. The molecule has 0 atom stereocenters. The molecule has 0 aromatic rings. The van der Waals surface area contributed by atoms with Gasteiger partial charge in [0.05, 0.1) is 0 Å². The second kappa shape index (κ2) is 4.63. The molecule has 0 aromatic carbocycles. The van der Waals surface area contributed by atoms with Gasteiger partial charge in [-0.1, -0.05) is 0 Å². The molecule has 0 amide bonds. The van der Waals surface area contributed by atoms with E-state index in [-0.39, 0.29) is 0 Å². The molecule has 2 aliphatic heterocycles. The molecular weight excluding hydrogens is 172 g/mol. The van der Waals surface area contributed by atoms with Crippen LogP contribution in [0, 0.1) is 11.8 Å². The first-order valence-electron chi connectivity index (χ1n) is 6.11. The van der Waals surface area contributed by atoms with Crippen LogP contribution in [0.1, 0.15) is 25.7 Å². The van der Waals surface area contributed by atoms with Crippen LogP contribution in [-0.2, 0) is 0 Å². The molecule has 2 rings (SSSR count). The van der Waals surface area contributed by atoms with E-state index < -0.39 is 0 Å². The Kier molecular flexibility index (Phi) is 3.45. The zero-order chi connectivity index (χ0) is 9.97. The lowest BCUT2D eigenvalue weighted by Crippen LogP contribution is -2.43. The van der Waals surface area contributed by atoms with Crippen LogP contribution in [0.3, 0.4) is 0 Å². The molecule has 0 aromatic heterocycles. The topological polar surface area (TPSA) is 6.48 Å². The van der Waals surface area contributed by atoms with E-state index in [9.17, 15) is 0 Å². The molecule has 0 bridgehead atoms. The van der Waals surface area contributed by atoms with Crippen molar-refractivity contribution in [3.05, 3.63) is 0 Å². The van der Waals surface area contributed by atoms with Crippen LogP contribution >= 0.6 is 0 Å². The molecule has 2 heterocycles. The summed E-state index contributed by atoms with van der Waals surface area (Å²) in [5.41, 5.74) is 0. The average Bonchev–Trinajstić information content (AvgIpc) is 2.13. The van der Waals surface area contributed by atoms with Gasteiger partial charge in [0.15, 0.2) is 0 Å². The fraction of sp³-hybridized carbons (Fsp3) is 1.00. The first-order chi connectivity index (χ1) is 6.74. The van der Waals surface area contributed by atoms with E-state index in [4.69, 9.17) is 0 Å². The van der Waals surface area contributed by atoms with Crippen LogP contribution in [0.25, 0.3) is 0 Å². The summed E-state index contributed by atoms with van der Waals surface area (Å²) in [6.07, 6.45) is 5.86. The molecule has 0 spiro atoms. The monoisotopic (exact) mass is 196 g/mol. The summed E-state index contributed by atoms with van der Waals surface area (Å²) in [4.78, 5) is 4.90. The molecule has 2 heteroatoms. The molecular formula is C12H24N2. The predicted molar refractivity (Wildman–Crippen MR) is 60.4 cm³/mol. The van der Waals surface area contributed by atoms with Gasteiger partial charge in [0.25, 0.3) is 0 Å². The normalized spacial score (nSPS) is 27.9. The van der Waals surface area contributed by atoms with Crippen LogP contribution in [0.5, 0.6) is 0 Å². The van der Waals surface area contributed by atoms with Crippen LogP contribution in [0.4, 0.5) is 0 Å². The second-order valence-corrected chi connectivity index (χ2v) is 5.41. The molecule has 2 nitrogen and oxygen atoms in total. The number of rotatable bonds is 3. The SMILES string of the molecule is CN1CCC(CCC2CN(C)C2)CC1. The summed E-state index contributed by atoms with van der Waals surface area (Å²) in [7, 11) is 4.48. The van der Waals surface area contributed by atoms with Gasteiger partial charge in [-0.3, -0.25) is 0 Å². The summed E-state index contributed by atoms with van der Waals surface area (Å²) < 4.78 is 0. The predicted octanol–water partition coefficient (Wildman–Crippen LogP) is 1.67. The molecule has 2 fully saturated rings. The van der Waals surface area contributed by atoms with Crippen LogP contribution in [-0.4, -0.2) is 50.1 Å². The van der Waals surface area contributed by atoms with Crippen molar-refractivity contribution < 1.29 is 0 Å². The van der Waals surface area contributed by atoms with Gasteiger partial charge in [0.1, 0.15) is 0 Å². The summed E-state index contributed by atoms with van der Waals surface area (Å²) in [6.45, 7) is 5.36. The van der Waals surface area contributed by atoms with E-state index in [0.29, 0.717) is 0 Å². The highest BCUT2D eigenvalue weighted by Crippen LogP contribution is 2.26. The lowest BCUT2D eigenvalue weighted by Gasteiger charge is -2.37. The standard InChI is InChI=1S/C12H24N2/c1-13-7-5-11(6-8-13)3-4-12-9-14(2)10-12/h11-12H,3-10H2,1-2H3. The van der Waals surface area contributed by atoms with Crippen LogP contribution in [0.15, 0.2) is 0 Å².